The Balaban J connectivity index is 2.58. The van der Waals surface area contributed by atoms with E-state index in [0.29, 0.717) is 12.8 Å². The predicted molar refractivity (Wildman–Crippen MR) is 84.6 cm³/mol. The zero-order valence-electron chi connectivity index (χ0n) is 14.7. The van der Waals surface area contributed by atoms with Crippen LogP contribution in [-0.4, -0.2) is 75.3 Å². The SMILES string of the molecule is CCC(CC(=O)O)OC(=O)CC(CC)O[C@@H]1OC(C)[C@H](O)[C@H](O)C1O. The van der Waals surface area contributed by atoms with Crippen LogP contribution in [0.2, 0.25) is 0 Å². The highest BCUT2D eigenvalue weighted by molar-refractivity contribution is 5.71. The third-order valence-corrected chi connectivity index (χ3v) is 4.14. The van der Waals surface area contributed by atoms with Gasteiger partial charge in [0.1, 0.15) is 24.4 Å². The van der Waals surface area contributed by atoms with Gasteiger partial charge in [-0.2, -0.15) is 0 Å². The maximum absolute atomic E-state index is 12.0. The van der Waals surface area contributed by atoms with Crippen LogP contribution in [0.15, 0.2) is 0 Å². The molecule has 1 aliphatic rings. The largest absolute Gasteiger partial charge is 0.481 e. The summed E-state index contributed by atoms with van der Waals surface area (Å²) in [4.78, 5) is 22.7. The zero-order valence-corrected chi connectivity index (χ0v) is 14.7. The Labute approximate surface area is 146 Å². The maximum atomic E-state index is 12.0. The summed E-state index contributed by atoms with van der Waals surface area (Å²) in [5.74, 6) is -1.66. The van der Waals surface area contributed by atoms with E-state index in [0.717, 1.165) is 0 Å². The number of carbonyl (C=O) groups is 2. The number of hydrogen-bond donors (Lipinski definition) is 4. The van der Waals surface area contributed by atoms with Gasteiger partial charge in [-0.15, -0.1) is 0 Å². The van der Waals surface area contributed by atoms with Gasteiger partial charge in [0.15, 0.2) is 6.29 Å². The lowest BCUT2D eigenvalue weighted by Gasteiger charge is -2.40. The van der Waals surface area contributed by atoms with Gasteiger partial charge in [-0.05, 0) is 19.8 Å². The van der Waals surface area contributed by atoms with Gasteiger partial charge in [0.05, 0.1) is 25.0 Å². The number of aliphatic carboxylic acids is 1. The number of rotatable bonds is 9. The summed E-state index contributed by atoms with van der Waals surface area (Å²) in [7, 11) is 0. The summed E-state index contributed by atoms with van der Waals surface area (Å²) in [5, 5.41) is 38.2. The zero-order chi connectivity index (χ0) is 19.1. The molecule has 4 unspecified atom stereocenters. The van der Waals surface area contributed by atoms with Crippen LogP contribution in [0, 0.1) is 0 Å². The molecular weight excluding hydrogens is 336 g/mol. The molecule has 9 heteroatoms. The molecule has 25 heavy (non-hydrogen) atoms. The van der Waals surface area contributed by atoms with Crippen molar-refractivity contribution >= 4 is 11.9 Å². The Bertz CT molecular complexity index is 441. The molecule has 0 saturated carbocycles. The lowest BCUT2D eigenvalue weighted by Crippen LogP contribution is -2.58. The highest BCUT2D eigenvalue weighted by Crippen LogP contribution is 2.24. The molecule has 7 atom stereocenters. The van der Waals surface area contributed by atoms with Crippen LogP contribution in [0.4, 0.5) is 0 Å². The number of carboxylic acid groups (broad SMARTS) is 1. The Hall–Kier alpha value is -1.26. The van der Waals surface area contributed by atoms with E-state index in [9.17, 15) is 24.9 Å². The Morgan fingerprint density at radius 3 is 2.12 bits per heavy atom. The summed E-state index contributed by atoms with van der Waals surface area (Å²) >= 11 is 0. The lowest BCUT2D eigenvalue weighted by atomic mass is 10.00. The van der Waals surface area contributed by atoms with Crippen LogP contribution >= 0.6 is 0 Å². The van der Waals surface area contributed by atoms with Gasteiger partial charge < -0.3 is 34.6 Å². The van der Waals surface area contributed by atoms with Crippen molar-refractivity contribution in [2.24, 2.45) is 0 Å². The molecule has 1 saturated heterocycles. The van der Waals surface area contributed by atoms with Crippen molar-refractivity contribution in [3.63, 3.8) is 0 Å². The van der Waals surface area contributed by atoms with Crippen LogP contribution < -0.4 is 0 Å². The normalized spacial score (nSPS) is 32.0. The molecule has 0 radical (unpaired) electrons. The van der Waals surface area contributed by atoms with E-state index in [4.69, 9.17) is 19.3 Å². The monoisotopic (exact) mass is 364 g/mol. The minimum absolute atomic E-state index is 0.147. The molecule has 4 N–H and O–H groups in total. The molecule has 0 aromatic carbocycles. The highest BCUT2D eigenvalue weighted by atomic mass is 16.7. The van der Waals surface area contributed by atoms with Gasteiger partial charge in [0.2, 0.25) is 0 Å². The Kier molecular flexibility index (Phi) is 8.74. The topological polar surface area (TPSA) is 143 Å². The quantitative estimate of drug-likeness (QED) is 0.409. The molecule has 9 nitrogen and oxygen atoms in total. The molecular formula is C16H28O9. The van der Waals surface area contributed by atoms with Crippen LogP contribution in [0.1, 0.15) is 46.5 Å². The predicted octanol–water partition coefficient (Wildman–Crippen LogP) is -0.204. The van der Waals surface area contributed by atoms with E-state index in [1.807, 2.05) is 0 Å². The summed E-state index contributed by atoms with van der Waals surface area (Å²) in [6.07, 6.45) is -7.03. The van der Waals surface area contributed by atoms with Gasteiger partial charge >= 0.3 is 11.9 Å². The molecule has 1 aliphatic heterocycles. The summed E-state index contributed by atoms with van der Waals surface area (Å²) < 4.78 is 16.0. The fraction of sp³-hybridized carbons (Fsp3) is 0.875. The standard InChI is InChI=1S/C16H28O9/c1-4-9(6-11(17)18)24-12(19)7-10(5-2)25-16-15(22)14(21)13(20)8(3)23-16/h8-10,13-16,20-22H,4-7H2,1-3H3,(H,17,18)/t8?,9?,10?,13-,14-,15?,16-/m0/s1. The average molecular weight is 364 g/mol. The van der Waals surface area contributed by atoms with E-state index in [1.54, 1.807) is 13.8 Å². The van der Waals surface area contributed by atoms with Crippen LogP contribution in [-0.2, 0) is 23.8 Å². The number of aliphatic hydroxyl groups is 3. The molecule has 0 spiro atoms. The molecule has 146 valence electrons. The van der Waals surface area contributed by atoms with Crippen molar-refractivity contribution in [1.29, 1.82) is 0 Å². The fourth-order valence-corrected chi connectivity index (χ4v) is 2.49. The van der Waals surface area contributed by atoms with Crippen LogP contribution in [0.5, 0.6) is 0 Å². The van der Waals surface area contributed by atoms with Crippen LogP contribution in [0.25, 0.3) is 0 Å². The van der Waals surface area contributed by atoms with Crippen LogP contribution in [0.3, 0.4) is 0 Å². The summed E-state index contributed by atoms with van der Waals surface area (Å²) in [6.45, 7) is 5.01. The maximum Gasteiger partial charge on any atom is 0.308 e. The molecule has 0 amide bonds. The first-order valence-corrected chi connectivity index (χ1v) is 8.45. The number of carboxylic acids is 1. The second kappa shape index (κ2) is 10.0. The second-order valence-corrected chi connectivity index (χ2v) is 6.17. The third kappa shape index (κ3) is 6.52. The average Bonchev–Trinajstić information content (AvgIpc) is 2.55. The number of esters is 1. The van der Waals surface area contributed by atoms with E-state index >= 15 is 0 Å². The fourth-order valence-electron chi connectivity index (χ4n) is 2.49. The van der Waals surface area contributed by atoms with E-state index in [-0.39, 0.29) is 12.8 Å². The molecule has 0 aromatic heterocycles. The van der Waals surface area contributed by atoms with Crippen molar-refractivity contribution < 1.29 is 44.2 Å². The Morgan fingerprint density at radius 2 is 1.60 bits per heavy atom. The second-order valence-electron chi connectivity index (χ2n) is 6.17. The third-order valence-electron chi connectivity index (χ3n) is 4.14. The summed E-state index contributed by atoms with van der Waals surface area (Å²) in [6, 6.07) is 0. The van der Waals surface area contributed by atoms with E-state index < -0.39 is 54.9 Å². The van der Waals surface area contributed by atoms with E-state index in [2.05, 4.69) is 0 Å². The van der Waals surface area contributed by atoms with Gasteiger partial charge in [-0.25, -0.2) is 0 Å². The van der Waals surface area contributed by atoms with E-state index in [1.165, 1.54) is 6.92 Å². The number of carbonyl (C=O) groups excluding carboxylic acids is 1. The first-order chi connectivity index (χ1) is 11.7. The Morgan fingerprint density at radius 1 is 1.00 bits per heavy atom. The van der Waals surface area contributed by atoms with Gasteiger partial charge in [-0.3, -0.25) is 9.59 Å². The smallest absolute Gasteiger partial charge is 0.308 e. The minimum Gasteiger partial charge on any atom is -0.481 e. The molecule has 0 bridgehead atoms. The molecule has 1 rings (SSSR count). The summed E-state index contributed by atoms with van der Waals surface area (Å²) in [5.41, 5.74) is 0. The highest BCUT2D eigenvalue weighted by Gasteiger charge is 2.43. The lowest BCUT2D eigenvalue weighted by molar-refractivity contribution is -0.304. The first-order valence-electron chi connectivity index (χ1n) is 8.45. The van der Waals surface area contributed by atoms with Crippen molar-refractivity contribution in [3.8, 4) is 0 Å². The van der Waals surface area contributed by atoms with Crippen molar-refractivity contribution in [2.75, 3.05) is 0 Å². The molecule has 0 aromatic rings. The van der Waals surface area contributed by atoms with Crippen molar-refractivity contribution in [3.05, 3.63) is 0 Å². The van der Waals surface area contributed by atoms with Crippen molar-refractivity contribution in [1.82, 2.24) is 0 Å². The van der Waals surface area contributed by atoms with Crippen molar-refractivity contribution in [2.45, 2.75) is 89.4 Å². The van der Waals surface area contributed by atoms with Gasteiger partial charge in [0, 0.05) is 0 Å². The number of ether oxygens (including phenoxy) is 3. The van der Waals surface area contributed by atoms with Gasteiger partial charge in [-0.1, -0.05) is 13.8 Å². The first kappa shape index (κ1) is 21.8. The molecule has 1 fully saturated rings. The molecule has 0 aliphatic carbocycles. The minimum atomic E-state index is -1.45. The number of aliphatic hydroxyl groups excluding tert-OH is 3. The molecule has 1 heterocycles. The van der Waals surface area contributed by atoms with Gasteiger partial charge in [0.25, 0.3) is 0 Å². The number of hydrogen-bond acceptors (Lipinski definition) is 8.